The first-order valence-corrected chi connectivity index (χ1v) is 14.2. The van der Waals surface area contributed by atoms with Gasteiger partial charge < -0.3 is 15.2 Å². The third-order valence-corrected chi connectivity index (χ3v) is 9.27. The number of pyridine rings is 1. The van der Waals surface area contributed by atoms with E-state index >= 15 is 0 Å². The van der Waals surface area contributed by atoms with Crippen LogP contribution < -0.4 is 10.1 Å². The van der Waals surface area contributed by atoms with Gasteiger partial charge >= 0.3 is 0 Å². The summed E-state index contributed by atoms with van der Waals surface area (Å²) in [7, 11) is -3.16. The van der Waals surface area contributed by atoms with E-state index in [0.29, 0.717) is 43.9 Å². The Bertz CT molecular complexity index is 1270. The Morgan fingerprint density at radius 2 is 2.17 bits per heavy atom. The summed E-state index contributed by atoms with van der Waals surface area (Å²) in [6, 6.07) is 1.08. The van der Waals surface area contributed by atoms with Gasteiger partial charge in [-0.05, 0) is 53.9 Å². The first-order chi connectivity index (χ1) is 16.7. The second kappa shape index (κ2) is 9.41. The molecule has 2 aliphatic rings. The predicted octanol–water partition coefficient (Wildman–Crippen LogP) is 2.61. The molecule has 1 amide bonds. The predicted molar refractivity (Wildman–Crippen MR) is 133 cm³/mol. The number of ether oxygens (including phenoxy) is 1. The van der Waals surface area contributed by atoms with Crippen LogP contribution in [0.2, 0.25) is 0 Å². The number of hydrogen-bond acceptors (Lipinski definition) is 7. The zero-order valence-corrected chi connectivity index (χ0v) is 22.3. The molecule has 11 heteroatoms. The standard InChI is InChI=1S/C25H35FN4O5S/c1-6-35-21-12-18(19(26)13-27-21)22-17-8-7-16(11-20(17)30(29-22)15(2)24(3,4)32)23(31)28-25(5)9-10-36(33,34)14-25/h12-13,15-16,32H,6-11,14H2,1-5H3,(H,28,31)/t15-,16+,25-/m0/s1. The van der Waals surface area contributed by atoms with Crippen LogP contribution in [0.1, 0.15) is 64.8 Å². The van der Waals surface area contributed by atoms with Gasteiger partial charge in [0.2, 0.25) is 11.8 Å². The molecule has 1 aliphatic carbocycles. The molecule has 198 valence electrons. The summed E-state index contributed by atoms with van der Waals surface area (Å²) in [5.41, 5.74) is 0.414. The molecule has 2 aromatic rings. The Morgan fingerprint density at radius 3 is 2.78 bits per heavy atom. The van der Waals surface area contributed by atoms with Crippen molar-refractivity contribution in [2.75, 3.05) is 18.1 Å². The highest BCUT2D eigenvalue weighted by atomic mass is 32.2. The number of carbonyl (C=O) groups excluding carboxylic acids is 1. The Morgan fingerprint density at radius 1 is 1.44 bits per heavy atom. The van der Waals surface area contributed by atoms with E-state index < -0.39 is 38.8 Å². The summed E-state index contributed by atoms with van der Waals surface area (Å²) >= 11 is 0. The van der Waals surface area contributed by atoms with Gasteiger partial charge in [0.25, 0.3) is 0 Å². The van der Waals surface area contributed by atoms with Crippen LogP contribution >= 0.6 is 0 Å². The van der Waals surface area contributed by atoms with E-state index in [0.717, 1.165) is 17.5 Å². The number of sulfone groups is 1. The first-order valence-electron chi connectivity index (χ1n) is 12.4. The Labute approximate surface area is 211 Å². The molecule has 1 aliphatic heterocycles. The number of nitrogens with zero attached hydrogens (tertiary/aromatic N) is 3. The maximum absolute atomic E-state index is 14.9. The third-order valence-electron chi connectivity index (χ3n) is 7.37. The number of halogens is 1. The van der Waals surface area contributed by atoms with Crippen molar-refractivity contribution >= 4 is 15.7 Å². The molecule has 2 aromatic heterocycles. The van der Waals surface area contributed by atoms with Gasteiger partial charge in [-0.25, -0.2) is 17.8 Å². The molecule has 1 saturated heterocycles. The number of amides is 1. The molecule has 4 rings (SSSR count). The fourth-order valence-corrected chi connectivity index (χ4v) is 7.13. The minimum atomic E-state index is -3.16. The summed E-state index contributed by atoms with van der Waals surface area (Å²) in [5, 5.41) is 18.5. The second-order valence-electron chi connectivity index (χ2n) is 10.8. The van der Waals surface area contributed by atoms with Crippen molar-refractivity contribution in [3.63, 3.8) is 0 Å². The van der Waals surface area contributed by atoms with Gasteiger partial charge in [0, 0.05) is 35.2 Å². The Balaban J connectivity index is 1.70. The SMILES string of the molecule is CCOc1cc(-c2nn([C@@H](C)C(C)(C)O)c3c2CC[C@@H](C(=O)N[C@@]2(C)CCS(=O)(=O)C2)C3)c(F)cn1. The van der Waals surface area contributed by atoms with Crippen LogP contribution in [0.3, 0.4) is 0 Å². The maximum atomic E-state index is 14.9. The molecular formula is C25H35FN4O5S. The van der Waals surface area contributed by atoms with Crippen molar-refractivity contribution in [3.8, 4) is 17.1 Å². The number of hydrogen-bond donors (Lipinski definition) is 2. The molecule has 0 saturated carbocycles. The molecule has 3 heterocycles. The number of aromatic nitrogens is 3. The zero-order chi connectivity index (χ0) is 26.5. The van der Waals surface area contributed by atoms with E-state index in [2.05, 4.69) is 10.3 Å². The number of nitrogens with one attached hydrogen (secondary N) is 1. The van der Waals surface area contributed by atoms with Gasteiger partial charge in [0.05, 0.1) is 47.2 Å². The van der Waals surface area contributed by atoms with E-state index in [-0.39, 0.29) is 23.0 Å². The largest absolute Gasteiger partial charge is 0.478 e. The summed E-state index contributed by atoms with van der Waals surface area (Å²) in [4.78, 5) is 17.2. The number of carbonyl (C=O) groups is 1. The van der Waals surface area contributed by atoms with Gasteiger partial charge in [0.1, 0.15) is 0 Å². The highest BCUT2D eigenvalue weighted by Crippen LogP contribution is 2.38. The van der Waals surface area contributed by atoms with Crippen molar-refractivity contribution in [1.29, 1.82) is 0 Å². The fraction of sp³-hybridized carbons (Fsp3) is 0.640. The topological polar surface area (TPSA) is 123 Å². The molecule has 0 aromatic carbocycles. The number of aliphatic hydroxyl groups is 1. The molecule has 0 spiro atoms. The zero-order valence-electron chi connectivity index (χ0n) is 21.5. The molecule has 0 radical (unpaired) electrons. The van der Waals surface area contributed by atoms with Crippen LogP contribution in [0.4, 0.5) is 4.39 Å². The van der Waals surface area contributed by atoms with Gasteiger partial charge in [-0.3, -0.25) is 9.48 Å². The molecular weight excluding hydrogens is 487 g/mol. The number of rotatable bonds is 7. The average molecular weight is 523 g/mol. The van der Waals surface area contributed by atoms with E-state index in [1.54, 1.807) is 25.5 Å². The van der Waals surface area contributed by atoms with Crippen LogP contribution in [0, 0.1) is 11.7 Å². The van der Waals surface area contributed by atoms with E-state index in [1.165, 1.54) is 6.07 Å². The van der Waals surface area contributed by atoms with Crippen molar-refractivity contribution in [1.82, 2.24) is 20.1 Å². The minimum absolute atomic E-state index is 0.0645. The van der Waals surface area contributed by atoms with Crippen molar-refractivity contribution < 1.29 is 27.4 Å². The molecule has 3 atom stereocenters. The highest BCUT2D eigenvalue weighted by molar-refractivity contribution is 7.91. The molecule has 1 fully saturated rings. The second-order valence-corrected chi connectivity index (χ2v) is 13.0. The highest BCUT2D eigenvalue weighted by Gasteiger charge is 2.42. The molecule has 2 N–H and O–H groups in total. The summed E-state index contributed by atoms with van der Waals surface area (Å²) in [5.74, 6) is -0.822. The molecule has 0 unspecified atom stereocenters. The third kappa shape index (κ3) is 5.27. The lowest BCUT2D eigenvalue weighted by molar-refractivity contribution is -0.127. The van der Waals surface area contributed by atoms with Gasteiger partial charge in [0.15, 0.2) is 15.7 Å². The monoisotopic (exact) mass is 522 g/mol. The average Bonchev–Trinajstić information content (AvgIpc) is 3.29. The van der Waals surface area contributed by atoms with Gasteiger partial charge in [-0.15, -0.1) is 0 Å². The smallest absolute Gasteiger partial charge is 0.223 e. The van der Waals surface area contributed by atoms with Crippen LogP contribution in [-0.4, -0.2) is 63.4 Å². The van der Waals surface area contributed by atoms with Gasteiger partial charge in [-0.1, -0.05) is 0 Å². The molecule has 36 heavy (non-hydrogen) atoms. The minimum Gasteiger partial charge on any atom is -0.478 e. The molecule has 0 bridgehead atoms. The number of fused-ring (bicyclic) bond motifs is 1. The van der Waals surface area contributed by atoms with Crippen LogP contribution in [0.25, 0.3) is 11.3 Å². The summed E-state index contributed by atoms with van der Waals surface area (Å²) in [6.07, 6.45) is 2.85. The van der Waals surface area contributed by atoms with Crippen LogP contribution in [0.5, 0.6) is 5.88 Å². The maximum Gasteiger partial charge on any atom is 0.223 e. The molecule has 9 nitrogen and oxygen atoms in total. The quantitative estimate of drug-likeness (QED) is 0.573. The van der Waals surface area contributed by atoms with Gasteiger partial charge in [-0.2, -0.15) is 5.10 Å². The Kier molecular flexibility index (Phi) is 6.93. The van der Waals surface area contributed by atoms with Crippen molar-refractivity contribution in [3.05, 3.63) is 29.3 Å². The van der Waals surface area contributed by atoms with Crippen molar-refractivity contribution in [2.45, 2.75) is 77.5 Å². The van der Waals surface area contributed by atoms with E-state index in [9.17, 15) is 22.7 Å². The lowest BCUT2D eigenvalue weighted by Gasteiger charge is -2.31. The van der Waals surface area contributed by atoms with Crippen LogP contribution in [0.15, 0.2) is 12.3 Å². The fourth-order valence-electron chi connectivity index (χ4n) is 5.03. The van der Waals surface area contributed by atoms with E-state index in [4.69, 9.17) is 9.84 Å². The normalized spacial score (nSPS) is 24.2. The Hall–Kier alpha value is -2.53. The first kappa shape index (κ1) is 26.5. The lowest BCUT2D eigenvalue weighted by Crippen LogP contribution is -2.50. The summed E-state index contributed by atoms with van der Waals surface area (Å²) in [6.45, 7) is 9.17. The summed E-state index contributed by atoms with van der Waals surface area (Å²) < 4.78 is 46.0. The van der Waals surface area contributed by atoms with Crippen LogP contribution in [-0.2, 0) is 27.5 Å². The van der Waals surface area contributed by atoms with E-state index in [1.807, 2.05) is 13.8 Å². The van der Waals surface area contributed by atoms with Crippen molar-refractivity contribution in [2.24, 2.45) is 5.92 Å². The lowest BCUT2D eigenvalue weighted by atomic mass is 9.84.